The van der Waals surface area contributed by atoms with Crippen LogP contribution in [0.3, 0.4) is 0 Å². The molecule has 0 bridgehead atoms. The van der Waals surface area contributed by atoms with E-state index in [0.29, 0.717) is 13.0 Å². The Kier molecular flexibility index (Phi) is 5.40. The first-order valence-electron chi connectivity index (χ1n) is 6.39. The molecule has 0 spiro atoms. The predicted octanol–water partition coefficient (Wildman–Crippen LogP) is 0.748. The highest BCUT2D eigenvalue weighted by molar-refractivity contribution is 5.80. The molecule has 1 saturated carbocycles. The molecule has 1 aliphatic carbocycles. The van der Waals surface area contributed by atoms with Crippen LogP contribution in [0.4, 0.5) is 4.79 Å². The molecule has 1 aliphatic rings. The van der Waals surface area contributed by atoms with Gasteiger partial charge < -0.3 is 20.0 Å². The van der Waals surface area contributed by atoms with E-state index in [2.05, 4.69) is 0 Å². The third-order valence-electron chi connectivity index (χ3n) is 3.47. The second-order valence-corrected chi connectivity index (χ2v) is 4.72. The van der Waals surface area contributed by atoms with Crippen LogP contribution in [0.25, 0.3) is 0 Å². The van der Waals surface area contributed by atoms with Crippen LogP contribution in [0.15, 0.2) is 0 Å². The maximum Gasteiger partial charge on any atom is 0.323 e. The Hall–Kier alpha value is -1.30. The molecule has 2 amide bonds. The smallest absolute Gasteiger partial charge is 0.323 e. The molecule has 1 rings (SSSR count). The van der Waals surface area contributed by atoms with Gasteiger partial charge in [-0.2, -0.15) is 0 Å². The summed E-state index contributed by atoms with van der Waals surface area (Å²) in [4.78, 5) is 25.6. The van der Waals surface area contributed by atoms with Crippen LogP contribution in [-0.2, 0) is 4.79 Å². The molecule has 0 saturated heterocycles. The molecule has 104 valence electrons. The summed E-state index contributed by atoms with van der Waals surface area (Å²) in [6.07, 6.45) is 2.94. The Morgan fingerprint density at radius 2 is 1.89 bits per heavy atom. The maximum atomic E-state index is 12.1. The summed E-state index contributed by atoms with van der Waals surface area (Å²) in [6.45, 7) is 1.78. The molecule has 0 aromatic heterocycles. The molecule has 18 heavy (non-hydrogen) atoms. The topological polar surface area (TPSA) is 81.1 Å². The fourth-order valence-corrected chi connectivity index (χ4v) is 2.39. The van der Waals surface area contributed by atoms with Crippen molar-refractivity contribution in [3.8, 4) is 0 Å². The molecule has 0 aliphatic heterocycles. The van der Waals surface area contributed by atoms with E-state index in [1.807, 2.05) is 0 Å². The molecule has 2 unspecified atom stereocenters. The summed E-state index contributed by atoms with van der Waals surface area (Å²) >= 11 is 0. The molecule has 0 heterocycles. The minimum Gasteiger partial charge on any atom is -0.480 e. The number of hydrogen-bond donors (Lipinski definition) is 2. The molecule has 0 aromatic rings. The number of rotatable bonds is 4. The summed E-state index contributed by atoms with van der Waals surface area (Å²) in [5.41, 5.74) is 0. The molecule has 6 heteroatoms. The van der Waals surface area contributed by atoms with E-state index >= 15 is 0 Å². The fraction of sp³-hybridized carbons (Fsp3) is 0.833. The summed E-state index contributed by atoms with van der Waals surface area (Å²) in [7, 11) is 1.63. The lowest BCUT2D eigenvalue weighted by Gasteiger charge is -2.37. The van der Waals surface area contributed by atoms with Gasteiger partial charge in [0, 0.05) is 13.6 Å². The van der Waals surface area contributed by atoms with Crippen molar-refractivity contribution in [3.63, 3.8) is 0 Å². The number of carboxylic acid groups (broad SMARTS) is 1. The molecule has 2 N–H and O–H groups in total. The maximum absolute atomic E-state index is 12.1. The number of amides is 2. The third kappa shape index (κ3) is 3.60. The minimum atomic E-state index is -1.03. The van der Waals surface area contributed by atoms with Crippen LogP contribution in [0.2, 0.25) is 0 Å². The number of carboxylic acids is 1. The van der Waals surface area contributed by atoms with Crippen molar-refractivity contribution < 1.29 is 19.8 Å². The Morgan fingerprint density at radius 1 is 1.28 bits per heavy atom. The van der Waals surface area contributed by atoms with Crippen molar-refractivity contribution in [3.05, 3.63) is 0 Å². The summed E-state index contributed by atoms with van der Waals surface area (Å²) in [6, 6.07) is -0.528. The Balaban J connectivity index is 2.65. The standard InChI is InChI=1S/C12H22N2O4/c1-3-14(8-11(16)17)12(18)13(2)9-6-4-5-7-10(9)15/h9-10,15H,3-8H2,1-2H3,(H,16,17). The summed E-state index contributed by atoms with van der Waals surface area (Å²) in [5.74, 6) is -1.03. The normalized spacial score (nSPS) is 23.5. The zero-order chi connectivity index (χ0) is 13.7. The average Bonchev–Trinajstić information content (AvgIpc) is 2.34. The van der Waals surface area contributed by atoms with Crippen molar-refractivity contribution >= 4 is 12.0 Å². The van der Waals surface area contributed by atoms with E-state index in [-0.39, 0.29) is 18.6 Å². The van der Waals surface area contributed by atoms with Gasteiger partial charge in [-0.3, -0.25) is 4.79 Å². The summed E-state index contributed by atoms with van der Waals surface area (Å²) in [5, 5.41) is 18.6. The van der Waals surface area contributed by atoms with Gasteiger partial charge in [-0.15, -0.1) is 0 Å². The number of urea groups is 1. The average molecular weight is 258 g/mol. The van der Waals surface area contributed by atoms with Crippen molar-refractivity contribution in [1.29, 1.82) is 0 Å². The Morgan fingerprint density at radius 3 is 2.39 bits per heavy atom. The van der Waals surface area contributed by atoms with Crippen molar-refractivity contribution in [1.82, 2.24) is 9.80 Å². The SMILES string of the molecule is CCN(CC(=O)O)C(=O)N(C)C1CCCCC1O. The highest BCUT2D eigenvalue weighted by Gasteiger charge is 2.31. The van der Waals surface area contributed by atoms with E-state index in [4.69, 9.17) is 5.11 Å². The lowest BCUT2D eigenvalue weighted by molar-refractivity contribution is -0.137. The summed E-state index contributed by atoms with van der Waals surface area (Å²) < 4.78 is 0. The van der Waals surface area contributed by atoms with Crippen LogP contribution < -0.4 is 0 Å². The number of carbonyl (C=O) groups excluding carboxylic acids is 1. The number of carbonyl (C=O) groups is 2. The van der Waals surface area contributed by atoms with E-state index in [1.165, 1.54) is 9.80 Å². The quantitative estimate of drug-likeness (QED) is 0.779. The van der Waals surface area contributed by atoms with E-state index < -0.39 is 12.1 Å². The fourth-order valence-electron chi connectivity index (χ4n) is 2.39. The van der Waals surface area contributed by atoms with E-state index in [0.717, 1.165) is 19.3 Å². The molecule has 6 nitrogen and oxygen atoms in total. The Bertz CT molecular complexity index is 308. The molecule has 0 aromatic carbocycles. The van der Waals surface area contributed by atoms with Crippen molar-refractivity contribution in [2.75, 3.05) is 20.1 Å². The monoisotopic (exact) mass is 258 g/mol. The van der Waals surface area contributed by atoms with Gasteiger partial charge in [0.05, 0.1) is 12.1 Å². The number of aliphatic hydroxyl groups is 1. The van der Waals surface area contributed by atoms with Crippen LogP contribution in [-0.4, -0.2) is 64.3 Å². The first-order valence-corrected chi connectivity index (χ1v) is 6.39. The second kappa shape index (κ2) is 6.58. The first kappa shape index (κ1) is 14.8. The third-order valence-corrected chi connectivity index (χ3v) is 3.47. The van der Waals surface area contributed by atoms with Crippen LogP contribution in [0, 0.1) is 0 Å². The number of aliphatic hydroxyl groups excluding tert-OH is 1. The zero-order valence-corrected chi connectivity index (χ0v) is 11.0. The molecule has 2 atom stereocenters. The van der Waals surface area contributed by atoms with Gasteiger partial charge in [0.15, 0.2) is 0 Å². The van der Waals surface area contributed by atoms with E-state index in [9.17, 15) is 14.7 Å². The zero-order valence-electron chi connectivity index (χ0n) is 11.0. The minimum absolute atomic E-state index is 0.200. The van der Waals surface area contributed by atoms with Crippen molar-refractivity contribution in [2.45, 2.75) is 44.8 Å². The molecule has 0 radical (unpaired) electrons. The highest BCUT2D eigenvalue weighted by atomic mass is 16.4. The number of hydrogen-bond acceptors (Lipinski definition) is 3. The number of likely N-dealkylation sites (N-methyl/N-ethyl adjacent to an activating group) is 2. The second-order valence-electron chi connectivity index (χ2n) is 4.72. The van der Waals surface area contributed by atoms with Crippen LogP contribution in [0.1, 0.15) is 32.6 Å². The van der Waals surface area contributed by atoms with Crippen molar-refractivity contribution in [2.24, 2.45) is 0 Å². The van der Waals surface area contributed by atoms with Gasteiger partial charge in [-0.25, -0.2) is 4.79 Å². The number of aliphatic carboxylic acids is 1. The van der Waals surface area contributed by atoms with Crippen LogP contribution >= 0.6 is 0 Å². The highest BCUT2D eigenvalue weighted by Crippen LogP contribution is 2.23. The molecular formula is C12H22N2O4. The lowest BCUT2D eigenvalue weighted by atomic mass is 9.92. The van der Waals surface area contributed by atoms with Gasteiger partial charge in [-0.1, -0.05) is 12.8 Å². The predicted molar refractivity (Wildman–Crippen MR) is 66.3 cm³/mol. The van der Waals surface area contributed by atoms with Crippen LogP contribution in [0.5, 0.6) is 0 Å². The van der Waals surface area contributed by atoms with E-state index in [1.54, 1.807) is 14.0 Å². The van der Waals surface area contributed by atoms with Gasteiger partial charge in [0.1, 0.15) is 6.54 Å². The van der Waals surface area contributed by atoms with Gasteiger partial charge in [0.25, 0.3) is 0 Å². The molecule has 1 fully saturated rings. The lowest BCUT2D eigenvalue weighted by Crippen LogP contribution is -2.52. The molecular weight excluding hydrogens is 236 g/mol. The van der Waals surface area contributed by atoms with Gasteiger partial charge in [0.2, 0.25) is 0 Å². The Labute approximate surface area is 107 Å². The largest absolute Gasteiger partial charge is 0.480 e. The van der Waals surface area contributed by atoms with Gasteiger partial charge in [-0.05, 0) is 19.8 Å². The van der Waals surface area contributed by atoms with Gasteiger partial charge >= 0.3 is 12.0 Å². The number of nitrogens with zero attached hydrogens (tertiary/aromatic N) is 2. The first-order chi connectivity index (χ1) is 8.47.